The van der Waals surface area contributed by atoms with E-state index in [0.29, 0.717) is 13.0 Å². The van der Waals surface area contributed by atoms with Gasteiger partial charge in [0.2, 0.25) is 5.91 Å². The zero-order valence-corrected chi connectivity index (χ0v) is 12.1. The van der Waals surface area contributed by atoms with Gasteiger partial charge in [-0.15, -0.1) is 0 Å². The number of hydrogen-bond acceptors (Lipinski definition) is 3. The Balaban J connectivity index is 1.83. The molecule has 0 heterocycles. The van der Waals surface area contributed by atoms with Crippen molar-refractivity contribution in [1.29, 1.82) is 0 Å². The Kier molecular flexibility index (Phi) is 5.35. The van der Waals surface area contributed by atoms with Gasteiger partial charge in [-0.05, 0) is 29.7 Å². The number of carbonyl (C=O) groups is 1. The minimum absolute atomic E-state index is 0.144. The van der Waals surface area contributed by atoms with Crippen LogP contribution in [0.4, 0.5) is 0 Å². The largest absolute Gasteiger partial charge is 0.497 e. The molecule has 0 aliphatic carbocycles. The SMILES string of the molecule is COc1ccc(CNC(=O)[C@@H](N)Cc2ccccc2)cc1. The van der Waals surface area contributed by atoms with Crippen molar-refractivity contribution >= 4 is 5.91 Å². The minimum atomic E-state index is -0.536. The molecule has 0 saturated carbocycles. The Labute approximate surface area is 124 Å². The zero-order chi connectivity index (χ0) is 15.1. The molecule has 21 heavy (non-hydrogen) atoms. The number of rotatable bonds is 6. The van der Waals surface area contributed by atoms with Crippen molar-refractivity contribution in [2.75, 3.05) is 7.11 Å². The molecule has 0 radical (unpaired) electrons. The second kappa shape index (κ2) is 7.45. The first-order valence-corrected chi connectivity index (χ1v) is 6.89. The van der Waals surface area contributed by atoms with Crippen LogP contribution in [-0.2, 0) is 17.8 Å². The van der Waals surface area contributed by atoms with Gasteiger partial charge in [0.15, 0.2) is 0 Å². The molecule has 110 valence electrons. The van der Waals surface area contributed by atoms with Crippen LogP contribution in [0, 0.1) is 0 Å². The first-order valence-electron chi connectivity index (χ1n) is 6.89. The Bertz CT molecular complexity index is 567. The lowest BCUT2D eigenvalue weighted by Crippen LogP contribution is -2.41. The molecule has 0 bridgehead atoms. The number of nitrogens with two attached hydrogens (primary N) is 1. The summed E-state index contributed by atoms with van der Waals surface area (Å²) in [6.07, 6.45) is 0.537. The third-order valence-electron chi connectivity index (χ3n) is 3.26. The molecule has 3 N–H and O–H groups in total. The fraction of sp³-hybridized carbons (Fsp3) is 0.235. The van der Waals surface area contributed by atoms with E-state index in [9.17, 15) is 4.79 Å². The van der Waals surface area contributed by atoms with Crippen molar-refractivity contribution in [3.63, 3.8) is 0 Å². The number of amides is 1. The van der Waals surface area contributed by atoms with Crippen molar-refractivity contribution in [2.24, 2.45) is 5.73 Å². The summed E-state index contributed by atoms with van der Waals surface area (Å²) in [6.45, 7) is 0.464. The van der Waals surface area contributed by atoms with Crippen molar-refractivity contribution in [3.05, 3.63) is 65.7 Å². The van der Waals surface area contributed by atoms with E-state index in [0.717, 1.165) is 16.9 Å². The summed E-state index contributed by atoms with van der Waals surface area (Å²) in [4.78, 5) is 12.0. The lowest BCUT2D eigenvalue weighted by molar-refractivity contribution is -0.122. The molecule has 1 amide bonds. The number of carbonyl (C=O) groups excluding carboxylic acids is 1. The highest BCUT2D eigenvalue weighted by Gasteiger charge is 2.13. The summed E-state index contributed by atoms with van der Waals surface area (Å²) in [7, 11) is 1.62. The first kappa shape index (κ1) is 15.1. The molecule has 4 nitrogen and oxygen atoms in total. The Morgan fingerprint density at radius 1 is 1.10 bits per heavy atom. The lowest BCUT2D eigenvalue weighted by atomic mass is 10.1. The van der Waals surface area contributed by atoms with Crippen LogP contribution >= 0.6 is 0 Å². The second-order valence-electron chi connectivity index (χ2n) is 4.86. The van der Waals surface area contributed by atoms with Gasteiger partial charge < -0.3 is 15.8 Å². The molecule has 0 fully saturated rings. The molecule has 0 aliphatic heterocycles. The highest BCUT2D eigenvalue weighted by atomic mass is 16.5. The second-order valence-corrected chi connectivity index (χ2v) is 4.86. The van der Waals surface area contributed by atoms with Crippen LogP contribution in [0.15, 0.2) is 54.6 Å². The van der Waals surface area contributed by atoms with Crippen LogP contribution in [0.25, 0.3) is 0 Å². The molecule has 0 spiro atoms. The molecule has 0 saturated heterocycles. The van der Waals surface area contributed by atoms with Gasteiger partial charge in [0, 0.05) is 6.54 Å². The number of hydrogen-bond donors (Lipinski definition) is 2. The Morgan fingerprint density at radius 2 is 1.76 bits per heavy atom. The fourth-order valence-electron chi connectivity index (χ4n) is 2.02. The van der Waals surface area contributed by atoms with E-state index in [1.807, 2.05) is 54.6 Å². The first-order chi connectivity index (χ1) is 10.2. The van der Waals surface area contributed by atoms with Gasteiger partial charge in [-0.2, -0.15) is 0 Å². The Morgan fingerprint density at radius 3 is 2.38 bits per heavy atom. The predicted molar refractivity (Wildman–Crippen MR) is 83.0 cm³/mol. The van der Waals surface area contributed by atoms with E-state index < -0.39 is 6.04 Å². The molecule has 0 unspecified atom stereocenters. The smallest absolute Gasteiger partial charge is 0.237 e. The molecular weight excluding hydrogens is 264 g/mol. The molecule has 2 aromatic carbocycles. The maximum atomic E-state index is 12.0. The van der Waals surface area contributed by atoms with Gasteiger partial charge in [-0.25, -0.2) is 0 Å². The third kappa shape index (κ3) is 4.61. The van der Waals surface area contributed by atoms with Crippen molar-refractivity contribution in [2.45, 2.75) is 19.0 Å². The van der Waals surface area contributed by atoms with Crippen LogP contribution < -0.4 is 15.8 Å². The lowest BCUT2D eigenvalue weighted by Gasteiger charge is -2.12. The number of ether oxygens (including phenoxy) is 1. The summed E-state index contributed by atoms with van der Waals surface area (Å²) in [5, 5.41) is 2.85. The Hall–Kier alpha value is -2.33. The fourth-order valence-corrected chi connectivity index (χ4v) is 2.02. The summed E-state index contributed by atoms with van der Waals surface area (Å²) in [5.41, 5.74) is 8.00. The average Bonchev–Trinajstić information content (AvgIpc) is 2.54. The third-order valence-corrected chi connectivity index (χ3v) is 3.26. The topological polar surface area (TPSA) is 64.3 Å². The van der Waals surface area contributed by atoms with Gasteiger partial charge >= 0.3 is 0 Å². The number of benzene rings is 2. The van der Waals surface area contributed by atoms with E-state index in [1.165, 1.54) is 0 Å². The quantitative estimate of drug-likeness (QED) is 0.851. The van der Waals surface area contributed by atoms with Crippen molar-refractivity contribution in [3.8, 4) is 5.75 Å². The maximum Gasteiger partial charge on any atom is 0.237 e. The van der Waals surface area contributed by atoms with Gasteiger partial charge in [-0.3, -0.25) is 4.79 Å². The van der Waals surface area contributed by atoms with Crippen LogP contribution in [-0.4, -0.2) is 19.1 Å². The van der Waals surface area contributed by atoms with E-state index in [1.54, 1.807) is 7.11 Å². The van der Waals surface area contributed by atoms with E-state index >= 15 is 0 Å². The molecule has 2 rings (SSSR count). The average molecular weight is 284 g/mol. The highest BCUT2D eigenvalue weighted by Crippen LogP contribution is 2.11. The van der Waals surface area contributed by atoms with E-state index in [4.69, 9.17) is 10.5 Å². The summed E-state index contributed by atoms with van der Waals surface area (Å²) >= 11 is 0. The summed E-state index contributed by atoms with van der Waals surface area (Å²) in [5.74, 6) is 0.653. The maximum absolute atomic E-state index is 12.0. The van der Waals surface area contributed by atoms with Gasteiger partial charge in [0.25, 0.3) is 0 Å². The normalized spacial score (nSPS) is 11.7. The number of nitrogens with one attached hydrogen (secondary N) is 1. The monoisotopic (exact) mass is 284 g/mol. The molecule has 0 aliphatic rings. The molecule has 4 heteroatoms. The molecule has 1 atom stereocenters. The molecule has 0 aromatic heterocycles. The summed E-state index contributed by atoms with van der Waals surface area (Å²) in [6, 6.07) is 16.8. The van der Waals surface area contributed by atoms with Crippen molar-refractivity contribution < 1.29 is 9.53 Å². The van der Waals surface area contributed by atoms with Crippen molar-refractivity contribution in [1.82, 2.24) is 5.32 Å². The van der Waals surface area contributed by atoms with Gasteiger partial charge in [0.05, 0.1) is 13.2 Å². The number of methoxy groups -OCH3 is 1. The van der Waals surface area contributed by atoms with E-state index in [-0.39, 0.29) is 5.91 Å². The predicted octanol–water partition coefficient (Wildman–Crippen LogP) is 1.88. The van der Waals surface area contributed by atoms with Crippen LogP contribution in [0.3, 0.4) is 0 Å². The van der Waals surface area contributed by atoms with Crippen LogP contribution in [0.5, 0.6) is 5.75 Å². The van der Waals surface area contributed by atoms with Gasteiger partial charge in [-0.1, -0.05) is 42.5 Å². The molecular formula is C17H20N2O2. The summed E-state index contributed by atoms with van der Waals surface area (Å²) < 4.78 is 5.09. The van der Waals surface area contributed by atoms with Crippen LogP contribution in [0.2, 0.25) is 0 Å². The standard InChI is InChI=1S/C17H20N2O2/c1-21-15-9-7-14(8-10-15)12-19-17(20)16(18)11-13-5-3-2-4-6-13/h2-10,16H,11-12,18H2,1H3,(H,19,20)/t16-/m0/s1. The van der Waals surface area contributed by atoms with Crippen LogP contribution in [0.1, 0.15) is 11.1 Å². The minimum Gasteiger partial charge on any atom is -0.497 e. The van der Waals surface area contributed by atoms with Gasteiger partial charge in [0.1, 0.15) is 5.75 Å². The highest BCUT2D eigenvalue weighted by molar-refractivity contribution is 5.81. The molecule has 2 aromatic rings. The van der Waals surface area contributed by atoms with E-state index in [2.05, 4.69) is 5.32 Å². The zero-order valence-electron chi connectivity index (χ0n) is 12.1.